The summed E-state index contributed by atoms with van der Waals surface area (Å²) in [7, 11) is 1.72. The first-order valence-corrected chi connectivity index (χ1v) is 10.9. The summed E-state index contributed by atoms with van der Waals surface area (Å²) >= 11 is 0. The number of anilines is 2. The van der Waals surface area contributed by atoms with Gasteiger partial charge in [-0.2, -0.15) is 10.1 Å². The van der Waals surface area contributed by atoms with E-state index in [2.05, 4.69) is 30.6 Å². The minimum Gasteiger partial charge on any atom is -0.483 e. The van der Waals surface area contributed by atoms with Crippen LogP contribution in [0.2, 0.25) is 0 Å². The molecule has 3 aromatic rings. The van der Waals surface area contributed by atoms with Crippen LogP contribution in [0.15, 0.2) is 24.5 Å². The fourth-order valence-electron chi connectivity index (χ4n) is 4.01. The molecule has 1 spiro atoms. The molecule has 2 fully saturated rings. The number of carbonyl (C=O) groups is 2. The number of nitrogens with one attached hydrogen (secondary N) is 2. The van der Waals surface area contributed by atoms with Crippen LogP contribution in [0.3, 0.4) is 0 Å². The highest BCUT2D eigenvalue weighted by atomic mass is 19.1. The second-order valence-corrected chi connectivity index (χ2v) is 8.21. The van der Waals surface area contributed by atoms with Gasteiger partial charge in [-0.15, -0.1) is 0 Å². The molecule has 2 aromatic heterocycles. The molecule has 11 nitrogen and oxygen atoms in total. The van der Waals surface area contributed by atoms with Crippen LogP contribution in [-0.4, -0.2) is 69.0 Å². The predicted molar refractivity (Wildman–Crippen MR) is 123 cm³/mol. The maximum absolute atomic E-state index is 14.4. The zero-order valence-electron chi connectivity index (χ0n) is 18.9. The summed E-state index contributed by atoms with van der Waals surface area (Å²) in [6, 6.07) is 2.92. The lowest BCUT2D eigenvalue weighted by atomic mass is 10.2. The number of rotatable bonds is 5. The van der Waals surface area contributed by atoms with Crippen molar-refractivity contribution in [2.75, 3.05) is 36.5 Å². The first kappa shape index (κ1) is 23.4. The van der Waals surface area contributed by atoms with E-state index in [1.54, 1.807) is 19.3 Å². The van der Waals surface area contributed by atoms with E-state index in [0.29, 0.717) is 23.6 Å². The highest BCUT2D eigenvalue weighted by Gasteiger charge is 2.46. The van der Waals surface area contributed by atoms with Crippen LogP contribution >= 0.6 is 0 Å². The molecule has 1 saturated carbocycles. The number of aromatic nitrogens is 4. The fourth-order valence-corrected chi connectivity index (χ4v) is 4.01. The van der Waals surface area contributed by atoms with Crippen LogP contribution < -0.4 is 20.3 Å². The summed E-state index contributed by atoms with van der Waals surface area (Å²) in [4.78, 5) is 32.4. The summed E-state index contributed by atoms with van der Waals surface area (Å²) in [5.74, 6) is -0.193. The molecule has 0 atom stereocenters. The standard InChI is InChI=1S/C21H24FN7O2.CH2O2/c1-3-31-19-15(10-23-20(26-19)29-7-6-24-21(12-29)4-5-21)18(30)25-14-8-13-11-28(2)27-17(13)16(22)9-14;2-1-3/h8-11,24H,3-7,12H2,1-2H3,(H,25,30);1H,(H,2,3). The van der Waals surface area contributed by atoms with Crippen LogP contribution in [0.4, 0.5) is 16.0 Å². The van der Waals surface area contributed by atoms with Gasteiger partial charge in [-0.3, -0.25) is 14.3 Å². The highest BCUT2D eigenvalue weighted by molar-refractivity contribution is 6.06. The van der Waals surface area contributed by atoms with E-state index in [4.69, 9.17) is 14.6 Å². The number of halogens is 1. The number of benzene rings is 1. The Balaban J connectivity index is 0.000000868. The molecule has 34 heavy (non-hydrogen) atoms. The third kappa shape index (κ3) is 4.91. The van der Waals surface area contributed by atoms with Crippen molar-refractivity contribution in [3.05, 3.63) is 35.9 Å². The molecule has 5 rings (SSSR count). The molecule has 12 heteroatoms. The monoisotopic (exact) mass is 471 g/mol. The highest BCUT2D eigenvalue weighted by Crippen LogP contribution is 2.38. The lowest BCUT2D eigenvalue weighted by Gasteiger charge is -2.34. The Morgan fingerprint density at radius 3 is 2.88 bits per heavy atom. The molecule has 180 valence electrons. The molecular weight excluding hydrogens is 445 g/mol. The van der Waals surface area contributed by atoms with E-state index < -0.39 is 11.7 Å². The summed E-state index contributed by atoms with van der Waals surface area (Å²) in [5, 5.41) is 17.8. The van der Waals surface area contributed by atoms with Crippen molar-refractivity contribution in [3.8, 4) is 5.88 Å². The van der Waals surface area contributed by atoms with Gasteiger partial charge in [-0.1, -0.05) is 0 Å². The Labute approximate surface area is 194 Å². The van der Waals surface area contributed by atoms with Crippen molar-refractivity contribution < 1.29 is 23.8 Å². The lowest BCUT2D eigenvalue weighted by molar-refractivity contribution is -0.122. The zero-order valence-corrected chi connectivity index (χ0v) is 18.9. The zero-order chi connectivity index (χ0) is 24.3. The van der Waals surface area contributed by atoms with Gasteiger partial charge in [0.1, 0.15) is 11.1 Å². The third-order valence-electron chi connectivity index (χ3n) is 5.71. The molecule has 2 aliphatic rings. The first-order chi connectivity index (χ1) is 16.4. The molecule has 1 saturated heterocycles. The number of fused-ring (bicyclic) bond motifs is 1. The molecule has 0 unspecified atom stereocenters. The van der Waals surface area contributed by atoms with Crippen molar-refractivity contribution in [3.63, 3.8) is 0 Å². The molecule has 1 aliphatic heterocycles. The second kappa shape index (κ2) is 9.59. The first-order valence-electron chi connectivity index (χ1n) is 10.9. The maximum Gasteiger partial charge on any atom is 0.290 e. The molecule has 1 aliphatic carbocycles. The number of aryl methyl sites for hydroxylation is 1. The molecule has 1 aromatic carbocycles. The van der Waals surface area contributed by atoms with Gasteiger partial charge in [0, 0.05) is 55.7 Å². The van der Waals surface area contributed by atoms with Gasteiger partial charge in [0.2, 0.25) is 11.8 Å². The number of piperazine rings is 1. The van der Waals surface area contributed by atoms with Gasteiger partial charge in [0.25, 0.3) is 12.4 Å². The van der Waals surface area contributed by atoms with E-state index in [9.17, 15) is 9.18 Å². The van der Waals surface area contributed by atoms with Crippen molar-refractivity contribution in [2.24, 2.45) is 7.05 Å². The average molecular weight is 471 g/mol. The minimum absolute atomic E-state index is 0.179. The molecular formula is C22H26FN7O4. The third-order valence-corrected chi connectivity index (χ3v) is 5.71. The van der Waals surface area contributed by atoms with Crippen LogP contribution in [0.1, 0.15) is 30.1 Å². The van der Waals surface area contributed by atoms with E-state index >= 15 is 0 Å². The van der Waals surface area contributed by atoms with Crippen LogP contribution in [0.25, 0.3) is 10.9 Å². The van der Waals surface area contributed by atoms with Gasteiger partial charge >= 0.3 is 0 Å². The Morgan fingerprint density at radius 1 is 1.41 bits per heavy atom. The maximum atomic E-state index is 14.4. The van der Waals surface area contributed by atoms with Gasteiger partial charge in [0.15, 0.2) is 5.82 Å². The van der Waals surface area contributed by atoms with E-state index in [0.717, 1.165) is 32.5 Å². The number of hydrogen-bond acceptors (Lipinski definition) is 8. The minimum atomic E-state index is -0.502. The fraction of sp³-hybridized carbons (Fsp3) is 0.409. The van der Waals surface area contributed by atoms with E-state index in [1.807, 2.05) is 6.92 Å². The van der Waals surface area contributed by atoms with Crippen LogP contribution in [0, 0.1) is 5.82 Å². The lowest BCUT2D eigenvalue weighted by Crippen LogP contribution is -2.53. The largest absolute Gasteiger partial charge is 0.483 e. The molecule has 0 bridgehead atoms. The topological polar surface area (TPSA) is 134 Å². The van der Waals surface area contributed by atoms with Crippen molar-refractivity contribution >= 4 is 34.9 Å². The van der Waals surface area contributed by atoms with Gasteiger partial charge in [-0.25, -0.2) is 9.37 Å². The van der Waals surface area contributed by atoms with Crippen LogP contribution in [0.5, 0.6) is 5.88 Å². The number of nitrogens with zero attached hydrogens (tertiary/aromatic N) is 5. The van der Waals surface area contributed by atoms with Gasteiger partial charge in [0.05, 0.1) is 6.61 Å². The summed E-state index contributed by atoms with van der Waals surface area (Å²) in [6.45, 7) is 4.45. The summed E-state index contributed by atoms with van der Waals surface area (Å²) in [6.07, 6.45) is 5.47. The van der Waals surface area contributed by atoms with Gasteiger partial charge in [-0.05, 0) is 31.9 Å². The quantitative estimate of drug-likeness (QED) is 0.476. The van der Waals surface area contributed by atoms with Crippen LogP contribution in [-0.2, 0) is 11.8 Å². The van der Waals surface area contributed by atoms with E-state index in [1.165, 1.54) is 16.9 Å². The number of carboxylic acid groups (broad SMARTS) is 1. The molecule has 3 N–H and O–H groups in total. The number of amides is 1. The Kier molecular flexibility index (Phi) is 6.59. The number of hydrogen-bond donors (Lipinski definition) is 3. The normalized spacial score (nSPS) is 16.0. The van der Waals surface area contributed by atoms with Crippen molar-refractivity contribution in [1.29, 1.82) is 0 Å². The SMILES string of the molecule is CCOc1nc(N2CCNC3(CC3)C2)ncc1C(=O)Nc1cc(F)c2nn(C)cc2c1.O=CO. The molecule has 0 radical (unpaired) electrons. The number of carbonyl (C=O) groups excluding carboxylic acids is 1. The second-order valence-electron chi connectivity index (χ2n) is 8.21. The Bertz CT molecular complexity index is 1210. The van der Waals surface area contributed by atoms with E-state index in [-0.39, 0.29) is 29.0 Å². The van der Waals surface area contributed by atoms with Crippen molar-refractivity contribution in [2.45, 2.75) is 25.3 Å². The van der Waals surface area contributed by atoms with Gasteiger partial charge < -0.3 is 25.4 Å². The molecule has 1 amide bonds. The summed E-state index contributed by atoms with van der Waals surface area (Å²) in [5.41, 5.74) is 0.965. The molecule has 3 heterocycles. The van der Waals surface area contributed by atoms with Crippen molar-refractivity contribution in [1.82, 2.24) is 25.1 Å². The Morgan fingerprint density at radius 2 is 2.18 bits per heavy atom. The number of ether oxygens (including phenoxy) is 1. The Hall–Kier alpha value is -3.80. The average Bonchev–Trinajstić information content (AvgIpc) is 3.42. The summed E-state index contributed by atoms with van der Waals surface area (Å²) < 4.78 is 21.5. The predicted octanol–water partition coefficient (Wildman–Crippen LogP) is 1.80. The smallest absolute Gasteiger partial charge is 0.290 e.